The van der Waals surface area contributed by atoms with Crippen LogP contribution in [0, 0.1) is 5.39 Å². The third-order valence-electron chi connectivity index (χ3n) is 2.78. The van der Waals surface area contributed by atoms with E-state index in [-0.39, 0.29) is 12.4 Å². The Morgan fingerprint density at radius 2 is 1.80 bits per heavy atom. The summed E-state index contributed by atoms with van der Waals surface area (Å²) in [4.78, 5) is 7.36. The van der Waals surface area contributed by atoms with Crippen LogP contribution in [0.1, 0.15) is 0 Å². The Labute approximate surface area is 121 Å². The Bertz CT molecular complexity index is 728. The molecule has 0 aliphatic heterocycles. The van der Waals surface area contributed by atoms with Crippen molar-refractivity contribution in [2.75, 3.05) is 0 Å². The highest BCUT2D eigenvalue weighted by molar-refractivity contribution is 5.65. The van der Waals surface area contributed by atoms with Crippen molar-refractivity contribution >= 4 is 5.69 Å². The molecule has 0 radical (unpaired) electrons. The lowest BCUT2D eigenvalue weighted by Gasteiger charge is -1.98. The van der Waals surface area contributed by atoms with Gasteiger partial charge >= 0.3 is 5.69 Å². The summed E-state index contributed by atoms with van der Waals surface area (Å²) in [6.07, 6.45) is 5.42. The van der Waals surface area contributed by atoms with Gasteiger partial charge in [0.15, 0.2) is 10.8 Å². The molecule has 0 atom stereocenters. The van der Waals surface area contributed by atoms with E-state index in [0.29, 0.717) is 5.69 Å². The van der Waals surface area contributed by atoms with Gasteiger partial charge in [0.25, 0.3) is 0 Å². The third kappa shape index (κ3) is 2.66. The molecule has 98 valence electrons. The van der Waals surface area contributed by atoms with E-state index in [9.17, 15) is 0 Å². The maximum atomic E-state index is 8.65. The van der Waals surface area contributed by atoms with Gasteiger partial charge in [-0.25, -0.2) is 9.67 Å². The fraction of sp³-hybridized carbons (Fsp3) is 0. The van der Waals surface area contributed by atoms with Crippen LogP contribution in [0.2, 0.25) is 0 Å². The van der Waals surface area contributed by atoms with Gasteiger partial charge in [-0.15, -0.1) is 0 Å². The molecule has 2 aromatic heterocycles. The minimum Gasteiger partial charge on any atom is -1.00 e. The van der Waals surface area contributed by atoms with Gasteiger partial charge in [0.1, 0.15) is 0 Å². The van der Waals surface area contributed by atoms with Crippen molar-refractivity contribution in [1.29, 1.82) is 5.39 Å². The highest BCUT2D eigenvalue weighted by atomic mass is 35.5. The van der Waals surface area contributed by atoms with Crippen molar-refractivity contribution in [1.82, 2.24) is 14.8 Å². The maximum Gasteiger partial charge on any atom is 0.385 e. The van der Waals surface area contributed by atoms with E-state index in [0.717, 1.165) is 16.9 Å². The Balaban J connectivity index is 0.00000147. The van der Waals surface area contributed by atoms with Crippen molar-refractivity contribution in [3.63, 3.8) is 0 Å². The summed E-state index contributed by atoms with van der Waals surface area (Å²) in [5, 5.41) is 12.9. The molecule has 0 unspecified atom stereocenters. The first-order valence-corrected chi connectivity index (χ1v) is 5.78. The lowest BCUT2D eigenvalue weighted by atomic mass is 10.1. The van der Waals surface area contributed by atoms with E-state index in [4.69, 9.17) is 5.39 Å². The molecule has 0 saturated carbocycles. The number of aromatic nitrogens is 3. The molecule has 0 amide bonds. The zero-order valence-electron chi connectivity index (χ0n) is 10.4. The summed E-state index contributed by atoms with van der Waals surface area (Å²) in [6, 6.07) is 12.9. The smallest absolute Gasteiger partial charge is 0.385 e. The number of hydrogen-bond donors (Lipinski definition) is 0. The van der Waals surface area contributed by atoms with Gasteiger partial charge in [-0.3, -0.25) is 0 Å². The van der Waals surface area contributed by atoms with Crippen LogP contribution >= 0.6 is 0 Å². The van der Waals surface area contributed by atoms with Gasteiger partial charge in [-0.05, 0) is 29.8 Å². The number of diazo groups is 1. The second-order valence-electron chi connectivity index (χ2n) is 4.01. The molecule has 0 fully saturated rings. The molecule has 0 spiro atoms. The molecule has 20 heavy (non-hydrogen) atoms. The van der Waals surface area contributed by atoms with E-state index < -0.39 is 0 Å². The molecule has 1 aromatic carbocycles. The predicted molar refractivity (Wildman–Crippen MR) is 71.5 cm³/mol. The highest BCUT2D eigenvalue weighted by Crippen LogP contribution is 2.22. The van der Waals surface area contributed by atoms with E-state index in [2.05, 4.69) is 15.1 Å². The fourth-order valence-corrected chi connectivity index (χ4v) is 1.81. The first-order chi connectivity index (χ1) is 9.36. The Kier molecular flexibility index (Phi) is 4.08. The number of benzene rings is 1. The van der Waals surface area contributed by atoms with Gasteiger partial charge in [-0.1, -0.05) is 6.07 Å². The lowest BCUT2D eigenvalue weighted by molar-refractivity contribution is -0.00000410. The van der Waals surface area contributed by atoms with E-state index in [1.807, 2.05) is 36.5 Å². The Morgan fingerprint density at radius 3 is 2.45 bits per heavy atom. The van der Waals surface area contributed by atoms with E-state index in [1.54, 1.807) is 29.2 Å². The lowest BCUT2D eigenvalue weighted by Crippen LogP contribution is -3.00. The third-order valence-corrected chi connectivity index (χ3v) is 2.78. The largest absolute Gasteiger partial charge is 1.00 e. The normalized spacial score (nSPS) is 9.55. The zero-order chi connectivity index (χ0) is 13.1. The minimum atomic E-state index is 0. The molecular formula is C14H10ClN5. The molecule has 0 N–H and O–H groups in total. The molecule has 0 aliphatic rings. The summed E-state index contributed by atoms with van der Waals surface area (Å²) in [5.74, 6) is 0.774. The van der Waals surface area contributed by atoms with Crippen LogP contribution < -0.4 is 12.4 Å². The number of nitrogens with zero attached hydrogens (tertiary/aromatic N) is 5. The van der Waals surface area contributed by atoms with Crippen LogP contribution in [0.15, 0.2) is 61.1 Å². The van der Waals surface area contributed by atoms with Gasteiger partial charge in [0.05, 0.1) is 6.20 Å². The van der Waals surface area contributed by atoms with Crippen molar-refractivity contribution in [3.8, 4) is 16.9 Å². The van der Waals surface area contributed by atoms with Crippen LogP contribution in [0.5, 0.6) is 0 Å². The zero-order valence-corrected chi connectivity index (χ0v) is 11.1. The SMILES string of the molecule is N#[N+]c1ccc(-c2cnn(-c3ccccn3)c2)cc1.[Cl-]. The summed E-state index contributed by atoms with van der Waals surface area (Å²) in [5.41, 5.74) is 2.52. The minimum absolute atomic E-state index is 0. The summed E-state index contributed by atoms with van der Waals surface area (Å²) < 4.78 is 1.72. The number of halogens is 1. The number of hydrogen-bond acceptors (Lipinski definition) is 3. The molecule has 0 saturated heterocycles. The summed E-state index contributed by atoms with van der Waals surface area (Å²) in [7, 11) is 0. The molecular weight excluding hydrogens is 274 g/mol. The first-order valence-electron chi connectivity index (χ1n) is 5.78. The topological polar surface area (TPSA) is 58.9 Å². The standard InChI is InChI=1S/C14H10N5.ClH/c15-18-13-6-4-11(5-7-13)12-9-17-19(10-12)14-3-1-2-8-16-14;/h1-10H;1H/q+1;/p-1. The Hall–Kier alpha value is -2.71. The molecule has 0 aliphatic carbocycles. The molecule has 3 aromatic rings. The molecule has 5 nitrogen and oxygen atoms in total. The van der Waals surface area contributed by atoms with Crippen molar-refractivity contribution in [2.45, 2.75) is 0 Å². The Morgan fingerprint density at radius 1 is 1.00 bits per heavy atom. The van der Waals surface area contributed by atoms with Gasteiger partial charge < -0.3 is 12.4 Å². The van der Waals surface area contributed by atoms with Crippen LogP contribution in [-0.4, -0.2) is 14.8 Å². The average Bonchev–Trinajstić information content (AvgIpc) is 2.98. The van der Waals surface area contributed by atoms with Crippen molar-refractivity contribution < 1.29 is 12.4 Å². The predicted octanol–water partition coefficient (Wildman–Crippen LogP) is 0.423. The van der Waals surface area contributed by atoms with Gasteiger partial charge in [-0.2, -0.15) is 5.10 Å². The van der Waals surface area contributed by atoms with Crippen molar-refractivity contribution in [3.05, 3.63) is 66.0 Å². The van der Waals surface area contributed by atoms with Crippen LogP contribution in [0.25, 0.3) is 21.9 Å². The quantitative estimate of drug-likeness (QED) is 0.641. The van der Waals surface area contributed by atoms with Crippen LogP contribution in [0.3, 0.4) is 0 Å². The van der Waals surface area contributed by atoms with E-state index >= 15 is 0 Å². The van der Waals surface area contributed by atoms with Crippen LogP contribution in [-0.2, 0) is 0 Å². The monoisotopic (exact) mass is 283 g/mol. The summed E-state index contributed by atoms with van der Waals surface area (Å²) >= 11 is 0. The molecule has 2 heterocycles. The summed E-state index contributed by atoms with van der Waals surface area (Å²) in [6.45, 7) is 0. The molecule has 6 heteroatoms. The second kappa shape index (κ2) is 5.95. The molecule has 0 bridgehead atoms. The number of pyridine rings is 1. The average molecular weight is 284 g/mol. The van der Waals surface area contributed by atoms with E-state index in [1.165, 1.54) is 0 Å². The van der Waals surface area contributed by atoms with Crippen LogP contribution in [0.4, 0.5) is 5.69 Å². The highest BCUT2D eigenvalue weighted by Gasteiger charge is 2.07. The number of rotatable bonds is 2. The van der Waals surface area contributed by atoms with Gasteiger partial charge in [0.2, 0.25) is 5.39 Å². The maximum absolute atomic E-state index is 8.65. The fourth-order valence-electron chi connectivity index (χ4n) is 1.81. The first kappa shape index (κ1) is 13.7. The molecule has 3 rings (SSSR count). The van der Waals surface area contributed by atoms with Crippen molar-refractivity contribution in [2.24, 2.45) is 0 Å². The van der Waals surface area contributed by atoms with Gasteiger partial charge in [0, 0.05) is 30.1 Å². The second-order valence-corrected chi connectivity index (χ2v) is 4.01.